The lowest BCUT2D eigenvalue weighted by Crippen LogP contribution is -2.51. The number of aromatic nitrogens is 1. The summed E-state index contributed by atoms with van der Waals surface area (Å²) in [4.78, 5) is 33.0. The van der Waals surface area contributed by atoms with E-state index in [-0.39, 0.29) is 23.1 Å². The van der Waals surface area contributed by atoms with Crippen LogP contribution in [-0.2, 0) is 21.2 Å². The van der Waals surface area contributed by atoms with Crippen molar-refractivity contribution >= 4 is 21.8 Å². The second-order valence-electron chi connectivity index (χ2n) is 6.86. The van der Waals surface area contributed by atoms with Crippen molar-refractivity contribution in [3.8, 4) is 0 Å². The van der Waals surface area contributed by atoms with E-state index >= 15 is 0 Å². The van der Waals surface area contributed by atoms with Gasteiger partial charge in [-0.3, -0.25) is 14.6 Å². The molecule has 2 heterocycles. The predicted octanol–water partition coefficient (Wildman–Crippen LogP) is 0.825. The van der Waals surface area contributed by atoms with Crippen molar-refractivity contribution in [2.24, 2.45) is 0 Å². The lowest BCUT2D eigenvalue weighted by molar-refractivity contribution is -0.132. The van der Waals surface area contributed by atoms with E-state index < -0.39 is 10.0 Å². The van der Waals surface area contributed by atoms with Crippen molar-refractivity contribution in [1.29, 1.82) is 0 Å². The summed E-state index contributed by atoms with van der Waals surface area (Å²) < 4.78 is 26.4. The normalized spacial score (nSPS) is 14.7. The van der Waals surface area contributed by atoms with Gasteiger partial charge >= 0.3 is 0 Å². The molecule has 1 saturated heterocycles. The first-order valence-corrected chi connectivity index (χ1v) is 10.8. The van der Waals surface area contributed by atoms with Gasteiger partial charge in [-0.1, -0.05) is 12.1 Å². The lowest BCUT2D eigenvalue weighted by Gasteiger charge is -2.35. The third-order valence-electron chi connectivity index (χ3n) is 5.00. The van der Waals surface area contributed by atoms with Crippen molar-refractivity contribution in [2.45, 2.75) is 18.2 Å². The van der Waals surface area contributed by atoms with Crippen LogP contribution in [0.5, 0.6) is 0 Å². The van der Waals surface area contributed by atoms with Crippen LogP contribution in [0.2, 0.25) is 0 Å². The zero-order valence-electron chi connectivity index (χ0n) is 16.5. The van der Waals surface area contributed by atoms with Crippen molar-refractivity contribution < 1.29 is 18.0 Å². The fourth-order valence-electron chi connectivity index (χ4n) is 3.22. The molecular weight excluding hydrogens is 392 g/mol. The molecule has 1 aromatic heterocycles. The van der Waals surface area contributed by atoms with Crippen LogP contribution in [-0.4, -0.2) is 68.2 Å². The van der Waals surface area contributed by atoms with E-state index in [1.165, 1.54) is 19.2 Å². The van der Waals surface area contributed by atoms with Gasteiger partial charge in [0.05, 0.1) is 11.3 Å². The molecule has 0 atom stereocenters. The van der Waals surface area contributed by atoms with Crippen LogP contribution >= 0.6 is 0 Å². The van der Waals surface area contributed by atoms with Crippen LogP contribution in [0.15, 0.2) is 47.5 Å². The Morgan fingerprint density at radius 1 is 1.07 bits per heavy atom. The van der Waals surface area contributed by atoms with Crippen molar-refractivity contribution in [1.82, 2.24) is 19.5 Å². The minimum Gasteiger partial charge on any atom is -0.339 e. The molecule has 3 rings (SSSR count). The summed E-state index contributed by atoms with van der Waals surface area (Å²) in [6, 6.07) is 9.97. The third-order valence-corrected chi connectivity index (χ3v) is 6.41. The number of aryl methyl sites for hydroxylation is 1. The Morgan fingerprint density at radius 2 is 1.76 bits per heavy atom. The zero-order chi connectivity index (χ0) is 21.0. The standard InChI is InChI=1S/C20H24N4O4S/c1-15-6-7-17(29(27,28)21-2)14-18(15)20(26)24-11-9-23(10-12-24)19(25)13-16-5-3-4-8-22-16/h3-8,14,21H,9-13H2,1-2H3. The second kappa shape index (κ2) is 8.71. The molecule has 1 aliphatic heterocycles. The maximum absolute atomic E-state index is 13.0. The molecule has 8 nitrogen and oxygen atoms in total. The highest BCUT2D eigenvalue weighted by molar-refractivity contribution is 7.89. The van der Waals surface area contributed by atoms with Gasteiger partial charge in [0, 0.05) is 43.6 Å². The molecular formula is C20H24N4O4S. The number of carbonyl (C=O) groups is 2. The zero-order valence-corrected chi connectivity index (χ0v) is 17.3. The van der Waals surface area contributed by atoms with Gasteiger partial charge in [-0.15, -0.1) is 0 Å². The maximum atomic E-state index is 13.0. The van der Waals surface area contributed by atoms with E-state index in [0.29, 0.717) is 43.0 Å². The first-order chi connectivity index (χ1) is 13.8. The Kier molecular flexibility index (Phi) is 6.29. The monoisotopic (exact) mass is 416 g/mol. The van der Waals surface area contributed by atoms with Gasteiger partial charge in [0.25, 0.3) is 5.91 Å². The number of carbonyl (C=O) groups excluding carboxylic acids is 2. The SMILES string of the molecule is CNS(=O)(=O)c1ccc(C)c(C(=O)N2CCN(C(=O)Cc3ccccn3)CC2)c1. The van der Waals surface area contributed by atoms with Crippen molar-refractivity contribution in [3.05, 3.63) is 59.4 Å². The fraction of sp³-hybridized carbons (Fsp3) is 0.350. The van der Waals surface area contributed by atoms with Crippen LogP contribution in [0.4, 0.5) is 0 Å². The first-order valence-electron chi connectivity index (χ1n) is 9.33. The molecule has 154 valence electrons. The number of hydrogen-bond donors (Lipinski definition) is 1. The fourth-order valence-corrected chi connectivity index (χ4v) is 3.97. The number of pyridine rings is 1. The molecule has 1 aromatic carbocycles. The highest BCUT2D eigenvalue weighted by atomic mass is 32.2. The van der Waals surface area contributed by atoms with E-state index in [1.54, 1.807) is 35.1 Å². The average Bonchev–Trinajstić information content (AvgIpc) is 2.74. The number of nitrogens with zero attached hydrogens (tertiary/aromatic N) is 3. The van der Waals surface area contributed by atoms with Gasteiger partial charge < -0.3 is 9.80 Å². The number of hydrogen-bond acceptors (Lipinski definition) is 5. The molecule has 2 amide bonds. The number of amides is 2. The van der Waals surface area contributed by atoms with E-state index in [1.807, 2.05) is 12.1 Å². The molecule has 0 saturated carbocycles. The second-order valence-corrected chi connectivity index (χ2v) is 8.74. The number of nitrogens with one attached hydrogen (secondary N) is 1. The summed E-state index contributed by atoms with van der Waals surface area (Å²) in [7, 11) is -2.30. The minimum absolute atomic E-state index is 0.0194. The van der Waals surface area contributed by atoms with Crippen LogP contribution in [0, 0.1) is 6.92 Å². The number of sulfonamides is 1. The summed E-state index contributed by atoms with van der Waals surface area (Å²) >= 11 is 0. The van der Waals surface area contributed by atoms with E-state index in [0.717, 1.165) is 0 Å². The summed E-state index contributed by atoms with van der Waals surface area (Å²) in [6.45, 7) is 3.44. The molecule has 29 heavy (non-hydrogen) atoms. The van der Waals surface area contributed by atoms with E-state index in [4.69, 9.17) is 0 Å². The van der Waals surface area contributed by atoms with Gasteiger partial charge in [-0.25, -0.2) is 13.1 Å². The van der Waals surface area contributed by atoms with Crippen LogP contribution in [0.25, 0.3) is 0 Å². The highest BCUT2D eigenvalue weighted by Crippen LogP contribution is 2.18. The van der Waals surface area contributed by atoms with Gasteiger partial charge in [0.1, 0.15) is 0 Å². The number of piperazine rings is 1. The number of benzene rings is 1. The molecule has 1 aliphatic rings. The summed E-state index contributed by atoms with van der Waals surface area (Å²) in [5.41, 5.74) is 1.78. The number of rotatable bonds is 5. The summed E-state index contributed by atoms with van der Waals surface area (Å²) in [5.74, 6) is -0.249. The molecule has 0 bridgehead atoms. The van der Waals surface area contributed by atoms with Crippen molar-refractivity contribution in [2.75, 3.05) is 33.2 Å². The highest BCUT2D eigenvalue weighted by Gasteiger charge is 2.26. The van der Waals surface area contributed by atoms with E-state index in [2.05, 4.69) is 9.71 Å². The Hall–Kier alpha value is -2.78. The van der Waals surface area contributed by atoms with E-state index in [9.17, 15) is 18.0 Å². The van der Waals surface area contributed by atoms with Gasteiger partial charge in [0.15, 0.2) is 0 Å². The lowest BCUT2D eigenvalue weighted by atomic mass is 10.1. The molecule has 9 heteroatoms. The molecule has 0 radical (unpaired) electrons. The molecule has 2 aromatic rings. The predicted molar refractivity (Wildman–Crippen MR) is 108 cm³/mol. The Labute approximate surface area is 170 Å². The molecule has 0 aliphatic carbocycles. The minimum atomic E-state index is -3.63. The molecule has 0 unspecified atom stereocenters. The smallest absolute Gasteiger partial charge is 0.254 e. The van der Waals surface area contributed by atoms with Crippen molar-refractivity contribution in [3.63, 3.8) is 0 Å². The maximum Gasteiger partial charge on any atom is 0.254 e. The summed E-state index contributed by atoms with van der Waals surface area (Å²) in [5, 5.41) is 0. The molecule has 1 fully saturated rings. The summed E-state index contributed by atoms with van der Waals surface area (Å²) in [6.07, 6.45) is 1.89. The molecule has 1 N–H and O–H groups in total. The quantitative estimate of drug-likeness (QED) is 0.778. The Balaban J connectivity index is 1.66. The van der Waals surface area contributed by atoms with Crippen LogP contribution < -0.4 is 4.72 Å². The Morgan fingerprint density at radius 3 is 2.38 bits per heavy atom. The third kappa shape index (κ3) is 4.80. The first kappa shape index (κ1) is 20.9. The van der Waals surface area contributed by atoms with Gasteiger partial charge in [-0.05, 0) is 43.8 Å². The topological polar surface area (TPSA) is 99.7 Å². The molecule has 0 spiro atoms. The van der Waals surface area contributed by atoms with Crippen LogP contribution in [0.3, 0.4) is 0 Å². The van der Waals surface area contributed by atoms with Gasteiger partial charge in [0.2, 0.25) is 15.9 Å². The van der Waals surface area contributed by atoms with Gasteiger partial charge in [-0.2, -0.15) is 0 Å². The average molecular weight is 417 g/mol. The Bertz CT molecular complexity index is 1000. The largest absolute Gasteiger partial charge is 0.339 e. The van der Waals surface area contributed by atoms with Crippen LogP contribution in [0.1, 0.15) is 21.6 Å².